The Morgan fingerprint density at radius 1 is 1.53 bits per heavy atom. The van der Waals surface area contributed by atoms with Crippen LogP contribution in [0.15, 0.2) is 0 Å². The average Bonchev–Trinajstić information content (AvgIpc) is 2.71. The van der Waals surface area contributed by atoms with E-state index in [9.17, 15) is 4.79 Å². The molecule has 0 aromatic heterocycles. The van der Waals surface area contributed by atoms with Crippen molar-refractivity contribution in [2.75, 3.05) is 6.54 Å². The molecule has 84 valence electrons. The molecule has 15 heavy (non-hydrogen) atoms. The Morgan fingerprint density at radius 2 is 2.20 bits per heavy atom. The average molecular weight is 208 g/mol. The van der Waals surface area contributed by atoms with E-state index in [4.69, 9.17) is 12.2 Å². The molecule has 1 aliphatic carbocycles. The fraction of sp³-hybridized carbons (Fsp3) is 0.750. The smallest absolute Gasteiger partial charge is 0.237 e. The van der Waals surface area contributed by atoms with Crippen LogP contribution in [0.25, 0.3) is 0 Å². The van der Waals surface area contributed by atoms with E-state index in [1.165, 1.54) is 25.7 Å². The number of hydrogen-bond acceptors (Lipinski definition) is 2. The van der Waals surface area contributed by atoms with Gasteiger partial charge in [-0.15, -0.1) is 12.3 Å². The predicted octanol–water partition coefficient (Wildman–Crippen LogP) is 1.03. The van der Waals surface area contributed by atoms with Gasteiger partial charge in [0.15, 0.2) is 0 Å². The van der Waals surface area contributed by atoms with Crippen LogP contribution in [0.4, 0.5) is 0 Å². The molecule has 3 heteroatoms. The second-order valence-corrected chi connectivity index (χ2v) is 4.24. The summed E-state index contributed by atoms with van der Waals surface area (Å²) in [5, 5.41) is 2.83. The summed E-state index contributed by atoms with van der Waals surface area (Å²) in [6.07, 6.45) is 11.8. The Bertz CT molecular complexity index is 238. The molecule has 3 N–H and O–H groups in total. The summed E-state index contributed by atoms with van der Waals surface area (Å²) in [6, 6.07) is -0.543. The van der Waals surface area contributed by atoms with Crippen LogP contribution < -0.4 is 11.1 Å². The van der Waals surface area contributed by atoms with Gasteiger partial charge in [-0.25, -0.2) is 0 Å². The van der Waals surface area contributed by atoms with Gasteiger partial charge in [-0.05, 0) is 12.3 Å². The predicted molar refractivity (Wildman–Crippen MR) is 61.0 cm³/mol. The molecular formula is C12H20N2O. The Hall–Kier alpha value is -1.01. The van der Waals surface area contributed by atoms with Crippen LogP contribution in [0.5, 0.6) is 0 Å². The molecule has 1 atom stereocenters. The molecule has 0 aliphatic heterocycles. The largest absolute Gasteiger partial charge is 0.355 e. The molecule has 1 saturated carbocycles. The van der Waals surface area contributed by atoms with Crippen LogP contribution in [0.1, 0.15) is 38.5 Å². The summed E-state index contributed by atoms with van der Waals surface area (Å²) in [4.78, 5) is 11.4. The summed E-state index contributed by atoms with van der Waals surface area (Å²) in [5.74, 6) is 3.07. The lowest BCUT2D eigenvalue weighted by Crippen LogP contribution is -2.40. The molecule has 1 aliphatic rings. The van der Waals surface area contributed by atoms with Crippen molar-refractivity contribution >= 4 is 5.91 Å². The van der Waals surface area contributed by atoms with Gasteiger partial charge in [0.05, 0.1) is 6.04 Å². The van der Waals surface area contributed by atoms with Gasteiger partial charge in [0, 0.05) is 13.0 Å². The van der Waals surface area contributed by atoms with Gasteiger partial charge in [0.1, 0.15) is 0 Å². The molecule has 3 nitrogen and oxygen atoms in total. The third kappa shape index (κ3) is 4.35. The lowest BCUT2D eigenvalue weighted by molar-refractivity contribution is -0.122. The Balaban J connectivity index is 2.08. The zero-order valence-corrected chi connectivity index (χ0v) is 9.17. The summed E-state index contributed by atoms with van der Waals surface area (Å²) in [5.41, 5.74) is 5.57. The van der Waals surface area contributed by atoms with Crippen LogP contribution in [0.3, 0.4) is 0 Å². The van der Waals surface area contributed by atoms with E-state index in [-0.39, 0.29) is 5.91 Å². The lowest BCUT2D eigenvalue weighted by atomic mass is 10.0. The normalized spacial score (nSPS) is 18.4. The summed E-state index contributed by atoms with van der Waals surface area (Å²) < 4.78 is 0. The standard InChI is InChI=1S/C12H20N2O/c1-2-5-11(13)12(15)14-9-8-10-6-3-4-7-10/h1,10-11H,3-9,13H2,(H,14,15). The maximum Gasteiger partial charge on any atom is 0.237 e. The summed E-state index contributed by atoms with van der Waals surface area (Å²) in [7, 11) is 0. The van der Waals surface area contributed by atoms with Gasteiger partial charge < -0.3 is 11.1 Å². The highest BCUT2D eigenvalue weighted by molar-refractivity contribution is 5.81. The molecule has 0 aromatic carbocycles. The minimum absolute atomic E-state index is 0.119. The fourth-order valence-corrected chi connectivity index (χ4v) is 2.05. The van der Waals surface area contributed by atoms with E-state index in [1.54, 1.807) is 0 Å². The topological polar surface area (TPSA) is 55.1 Å². The third-order valence-corrected chi connectivity index (χ3v) is 3.00. The van der Waals surface area contributed by atoms with Crippen molar-refractivity contribution in [3.8, 4) is 12.3 Å². The maximum absolute atomic E-state index is 11.4. The SMILES string of the molecule is C#CCC(N)C(=O)NCCC1CCCC1. The van der Waals surface area contributed by atoms with E-state index in [0.717, 1.165) is 18.9 Å². The number of amides is 1. The van der Waals surface area contributed by atoms with Gasteiger partial charge in [-0.1, -0.05) is 25.7 Å². The summed E-state index contributed by atoms with van der Waals surface area (Å²) in [6.45, 7) is 0.738. The van der Waals surface area contributed by atoms with Crippen molar-refractivity contribution in [3.05, 3.63) is 0 Å². The molecule has 0 aromatic rings. The zero-order valence-electron chi connectivity index (χ0n) is 9.17. The first-order valence-corrected chi connectivity index (χ1v) is 5.70. The lowest BCUT2D eigenvalue weighted by Gasteiger charge is -2.12. The van der Waals surface area contributed by atoms with E-state index < -0.39 is 6.04 Å². The second-order valence-electron chi connectivity index (χ2n) is 4.24. The molecule has 1 fully saturated rings. The number of nitrogens with one attached hydrogen (secondary N) is 1. The van der Waals surface area contributed by atoms with Crippen LogP contribution in [0, 0.1) is 18.3 Å². The molecule has 1 amide bonds. The van der Waals surface area contributed by atoms with Crippen molar-refractivity contribution in [3.63, 3.8) is 0 Å². The molecular weight excluding hydrogens is 188 g/mol. The molecule has 0 radical (unpaired) electrons. The minimum atomic E-state index is -0.543. The van der Waals surface area contributed by atoms with Gasteiger partial charge in [0.2, 0.25) is 5.91 Å². The first-order chi connectivity index (χ1) is 7.24. The third-order valence-electron chi connectivity index (χ3n) is 3.00. The monoisotopic (exact) mass is 208 g/mol. The van der Waals surface area contributed by atoms with Crippen molar-refractivity contribution in [2.45, 2.75) is 44.6 Å². The molecule has 1 rings (SSSR count). The molecule has 1 unspecified atom stereocenters. The molecule has 0 saturated heterocycles. The van der Waals surface area contributed by atoms with Crippen molar-refractivity contribution in [2.24, 2.45) is 11.7 Å². The number of hydrogen-bond donors (Lipinski definition) is 2. The Kier molecular flexibility index (Phi) is 5.20. The van der Waals surface area contributed by atoms with E-state index in [2.05, 4.69) is 11.2 Å². The number of terminal acetylenes is 1. The van der Waals surface area contributed by atoms with Crippen LogP contribution in [0.2, 0.25) is 0 Å². The number of nitrogens with two attached hydrogens (primary N) is 1. The Labute approximate surface area is 91.8 Å². The highest BCUT2D eigenvalue weighted by Crippen LogP contribution is 2.26. The van der Waals surface area contributed by atoms with E-state index >= 15 is 0 Å². The Morgan fingerprint density at radius 3 is 2.80 bits per heavy atom. The van der Waals surface area contributed by atoms with Gasteiger partial charge >= 0.3 is 0 Å². The van der Waals surface area contributed by atoms with Gasteiger partial charge in [-0.3, -0.25) is 4.79 Å². The van der Waals surface area contributed by atoms with E-state index in [1.807, 2.05) is 0 Å². The quantitative estimate of drug-likeness (QED) is 0.663. The van der Waals surface area contributed by atoms with Crippen LogP contribution in [-0.2, 0) is 4.79 Å². The maximum atomic E-state index is 11.4. The number of carbonyl (C=O) groups is 1. The number of carbonyl (C=O) groups excluding carboxylic acids is 1. The van der Waals surface area contributed by atoms with Gasteiger partial charge in [-0.2, -0.15) is 0 Å². The first-order valence-electron chi connectivity index (χ1n) is 5.70. The number of rotatable bonds is 5. The highest BCUT2D eigenvalue weighted by atomic mass is 16.2. The van der Waals surface area contributed by atoms with Gasteiger partial charge in [0.25, 0.3) is 0 Å². The second kappa shape index (κ2) is 6.47. The fourth-order valence-electron chi connectivity index (χ4n) is 2.05. The first kappa shape index (κ1) is 12.1. The minimum Gasteiger partial charge on any atom is -0.355 e. The van der Waals surface area contributed by atoms with Crippen LogP contribution >= 0.6 is 0 Å². The summed E-state index contributed by atoms with van der Waals surface area (Å²) >= 11 is 0. The molecule has 0 bridgehead atoms. The zero-order chi connectivity index (χ0) is 11.1. The van der Waals surface area contributed by atoms with Crippen molar-refractivity contribution < 1.29 is 4.79 Å². The highest BCUT2D eigenvalue weighted by Gasteiger charge is 2.16. The van der Waals surface area contributed by atoms with E-state index in [0.29, 0.717) is 6.42 Å². The van der Waals surface area contributed by atoms with Crippen molar-refractivity contribution in [1.82, 2.24) is 5.32 Å². The molecule has 0 heterocycles. The van der Waals surface area contributed by atoms with Crippen molar-refractivity contribution in [1.29, 1.82) is 0 Å². The molecule has 0 spiro atoms. The van der Waals surface area contributed by atoms with Crippen LogP contribution in [-0.4, -0.2) is 18.5 Å².